The van der Waals surface area contributed by atoms with Gasteiger partial charge in [0, 0.05) is 32.8 Å². The van der Waals surface area contributed by atoms with Gasteiger partial charge >= 0.3 is 0 Å². The van der Waals surface area contributed by atoms with Crippen molar-refractivity contribution in [3.8, 4) is 0 Å². The van der Waals surface area contributed by atoms with Crippen LogP contribution < -0.4 is 0 Å². The van der Waals surface area contributed by atoms with Crippen molar-refractivity contribution in [1.82, 2.24) is 9.80 Å². The quantitative estimate of drug-likeness (QED) is 0.271. The Kier molecular flexibility index (Phi) is 12.1. The van der Waals surface area contributed by atoms with Crippen LogP contribution >= 0.6 is 0 Å². The summed E-state index contributed by atoms with van der Waals surface area (Å²) in [7, 11) is 0. The highest BCUT2D eigenvalue weighted by Gasteiger charge is 2.30. The fourth-order valence-corrected chi connectivity index (χ4v) is 8.07. The third kappa shape index (κ3) is 9.76. The third-order valence-electron chi connectivity index (χ3n) is 10.7. The average Bonchev–Trinajstić information content (AvgIpc) is 3.31. The molecule has 4 rings (SSSR count). The van der Waals surface area contributed by atoms with E-state index >= 15 is 0 Å². The highest BCUT2D eigenvalue weighted by molar-refractivity contribution is 4.83. The van der Waals surface area contributed by atoms with Crippen LogP contribution in [0.25, 0.3) is 0 Å². The summed E-state index contributed by atoms with van der Waals surface area (Å²) in [4.78, 5) is 5.45. The van der Waals surface area contributed by atoms with Gasteiger partial charge in [0.1, 0.15) is 0 Å². The van der Waals surface area contributed by atoms with E-state index in [1.807, 2.05) is 0 Å². The summed E-state index contributed by atoms with van der Waals surface area (Å²) in [6, 6.07) is 0. The molecule has 2 aliphatic heterocycles. The van der Waals surface area contributed by atoms with E-state index in [2.05, 4.69) is 44.4 Å². The van der Waals surface area contributed by atoms with Gasteiger partial charge in [-0.1, -0.05) is 20.8 Å². The molecule has 0 aromatic rings. The van der Waals surface area contributed by atoms with E-state index in [-0.39, 0.29) is 0 Å². The van der Waals surface area contributed by atoms with Crippen LogP contribution in [0.2, 0.25) is 0 Å². The van der Waals surface area contributed by atoms with Crippen LogP contribution in [0.3, 0.4) is 0 Å². The first kappa shape index (κ1) is 29.8. The molecule has 4 nitrogen and oxygen atoms in total. The highest BCUT2D eigenvalue weighted by atomic mass is 16.5. The lowest BCUT2D eigenvalue weighted by atomic mass is 9.75. The van der Waals surface area contributed by atoms with Crippen molar-refractivity contribution in [1.29, 1.82) is 0 Å². The second-order valence-corrected chi connectivity index (χ2v) is 14.3. The molecule has 0 spiro atoms. The summed E-state index contributed by atoms with van der Waals surface area (Å²) in [5, 5.41) is 0. The van der Waals surface area contributed by atoms with Crippen LogP contribution in [0, 0.1) is 35.5 Å². The Morgan fingerprint density at radius 1 is 0.622 bits per heavy atom. The molecule has 37 heavy (non-hydrogen) atoms. The zero-order valence-electron chi connectivity index (χ0n) is 25.3. The number of hydrogen-bond acceptors (Lipinski definition) is 4. The van der Waals surface area contributed by atoms with Crippen LogP contribution in [-0.4, -0.2) is 74.0 Å². The smallest absolute Gasteiger partial charge is 0.0717 e. The SMILES string of the molecule is CC(C)O[C@@H]1CCN(CC2CCC([C@@H](C)CCOC3CCC(CN4CCC(C(C)C)CC4)CC3)CC2)C1. The minimum atomic E-state index is 0.364. The van der Waals surface area contributed by atoms with Gasteiger partial charge in [-0.15, -0.1) is 0 Å². The summed E-state index contributed by atoms with van der Waals surface area (Å²) >= 11 is 0. The molecule has 2 aliphatic carbocycles. The summed E-state index contributed by atoms with van der Waals surface area (Å²) in [6.07, 6.45) is 17.8. The molecular weight excluding hydrogens is 456 g/mol. The van der Waals surface area contributed by atoms with Gasteiger partial charge in [-0.2, -0.15) is 0 Å². The van der Waals surface area contributed by atoms with Gasteiger partial charge in [-0.3, -0.25) is 0 Å². The molecule has 0 aromatic carbocycles. The van der Waals surface area contributed by atoms with Crippen LogP contribution in [0.5, 0.6) is 0 Å². The third-order valence-corrected chi connectivity index (χ3v) is 10.7. The van der Waals surface area contributed by atoms with E-state index in [0.717, 1.165) is 48.7 Å². The second kappa shape index (κ2) is 15.0. The van der Waals surface area contributed by atoms with Crippen LogP contribution in [0.4, 0.5) is 0 Å². The zero-order valence-corrected chi connectivity index (χ0v) is 25.3. The Bertz CT molecular complexity index is 616. The predicted molar refractivity (Wildman–Crippen MR) is 156 cm³/mol. The molecule has 4 aliphatic rings. The minimum absolute atomic E-state index is 0.364. The molecule has 0 unspecified atom stereocenters. The zero-order chi connectivity index (χ0) is 26.2. The molecule has 0 bridgehead atoms. The molecule has 4 fully saturated rings. The van der Waals surface area contributed by atoms with Crippen molar-refractivity contribution >= 4 is 0 Å². The van der Waals surface area contributed by atoms with Crippen molar-refractivity contribution in [2.75, 3.05) is 45.9 Å². The first-order valence-corrected chi connectivity index (χ1v) is 16.6. The topological polar surface area (TPSA) is 24.9 Å². The fraction of sp³-hybridized carbons (Fsp3) is 1.00. The lowest BCUT2D eigenvalue weighted by Crippen LogP contribution is -2.39. The molecule has 0 N–H and O–H groups in total. The monoisotopic (exact) mass is 518 g/mol. The van der Waals surface area contributed by atoms with Crippen LogP contribution in [-0.2, 0) is 9.47 Å². The summed E-state index contributed by atoms with van der Waals surface area (Å²) < 4.78 is 12.5. The van der Waals surface area contributed by atoms with Gasteiger partial charge in [-0.25, -0.2) is 0 Å². The number of piperidine rings is 1. The number of ether oxygens (including phenoxy) is 2. The molecule has 2 saturated carbocycles. The van der Waals surface area contributed by atoms with Gasteiger partial charge < -0.3 is 19.3 Å². The molecular formula is C33H62N2O2. The molecule has 0 radical (unpaired) electrons. The van der Waals surface area contributed by atoms with Crippen molar-refractivity contribution in [3.63, 3.8) is 0 Å². The molecule has 0 aromatic heterocycles. The largest absolute Gasteiger partial charge is 0.378 e. The Labute approximate surface area is 230 Å². The van der Waals surface area contributed by atoms with Gasteiger partial charge in [0.2, 0.25) is 0 Å². The molecule has 2 heterocycles. The number of hydrogen-bond donors (Lipinski definition) is 0. The molecule has 2 atom stereocenters. The van der Waals surface area contributed by atoms with Gasteiger partial charge in [0.05, 0.1) is 18.3 Å². The maximum absolute atomic E-state index is 6.44. The van der Waals surface area contributed by atoms with Crippen LogP contribution in [0.15, 0.2) is 0 Å². The minimum Gasteiger partial charge on any atom is -0.378 e. The Morgan fingerprint density at radius 3 is 1.84 bits per heavy atom. The summed E-state index contributed by atoms with van der Waals surface area (Å²) in [5.41, 5.74) is 0. The summed E-state index contributed by atoms with van der Waals surface area (Å²) in [5.74, 6) is 5.40. The van der Waals surface area contributed by atoms with Crippen LogP contribution in [0.1, 0.15) is 112 Å². The lowest BCUT2D eigenvalue weighted by Gasteiger charge is -2.37. The van der Waals surface area contributed by atoms with Gasteiger partial charge in [-0.05, 0) is 139 Å². The highest BCUT2D eigenvalue weighted by Crippen LogP contribution is 2.36. The van der Waals surface area contributed by atoms with E-state index in [9.17, 15) is 0 Å². The number of likely N-dealkylation sites (tertiary alicyclic amines) is 2. The van der Waals surface area contributed by atoms with Crippen molar-refractivity contribution in [2.45, 2.75) is 130 Å². The van der Waals surface area contributed by atoms with Gasteiger partial charge in [0.25, 0.3) is 0 Å². The van der Waals surface area contributed by atoms with E-state index < -0.39 is 0 Å². The Hall–Kier alpha value is -0.160. The second-order valence-electron chi connectivity index (χ2n) is 14.3. The number of nitrogens with zero attached hydrogens (tertiary/aromatic N) is 2. The summed E-state index contributed by atoms with van der Waals surface area (Å²) in [6.45, 7) is 20.4. The lowest BCUT2D eigenvalue weighted by molar-refractivity contribution is 0.00246. The molecule has 4 heteroatoms. The average molecular weight is 519 g/mol. The van der Waals surface area contributed by atoms with Crippen molar-refractivity contribution < 1.29 is 9.47 Å². The normalized spacial score (nSPS) is 34.0. The van der Waals surface area contributed by atoms with Crippen molar-refractivity contribution in [3.05, 3.63) is 0 Å². The maximum atomic E-state index is 6.44. The standard InChI is InChI=1S/C33H62N2O2/c1-25(2)30-14-18-34(19-15-30)22-29-8-12-32(13-9-29)36-21-17-27(5)31-10-6-28(7-11-31)23-35-20-16-33(24-35)37-26(3)4/h25-33H,6-24H2,1-5H3/t27-,28?,29?,31?,32?,33+/m0/s1. The number of rotatable bonds is 12. The first-order valence-electron chi connectivity index (χ1n) is 16.6. The molecule has 216 valence electrons. The first-order chi connectivity index (χ1) is 17.9. The fourth-order valence-electron chi connectivity index (χ4n) is 8.07. The van der Waals surface area contributed by atoms with E-state index in [0.29, 0.717) is 18.3 Å². The molecule has 2 saturated heterocycles. The van der Waals surface area contributed by atoms with E-state index in [1.165, 1.54) is 110 Å². The van der Waals surface area contributed by atoms with E-state index in [1.54, 1.807) is 0 Å². The Balaban J connectivity index is 1.02. The Morgan fingerprint density at radius 2 is 1.22 bits per heavy atom. The molecule has 0 amide bonds. The van der Waals surface area contributed by atoms with Crippen molar-refractivity contribution in [2.24, 2.45) is 35.5 Å². The maximum Gasteiger partial charge on any atom is 0.0717 e. The van der Waals surface area contributed by atoms with E-state index in [4.69, 9.17) is 9.47 Å². The predicted octanol–water partition coefficient (Wildman–Crippen LogP) is 7.26. The van der Waals surface area contributed by atoms with Gasteiger partial charge in [0.15, 0.2) is 0 Å².